The Hall–Kier alpha value is -1.81. The number of primary amides is 1. The molecule has 10 heteroatoms. The zero-order valence-corrected chi connectivity index (χ0v) is 12.0. The molecule has 22 heavy (non-hydrogen) atoms. The minimum absolute atomic E-state index is 0.198. The van der Waals surface area contributed by atoms with Gasteiger partial charge in [-0.2, -0.15) is 0 Å². The number of rotatable bonds is 5. The molecule has 1 heterocycles. The Morgan fingerprint density at radius 2 is 1.95 bits per heavy atom. The van der Waals surface area contributed by atoms with E-state index in [1.807, 2.05) is 0 Å². The molecule has 1 atom stereocenters. The Morgan fingerprint density at radius 1 is 1.36 bits per heavy atom. The third kappa shape index (κ3) is 3.33. The van der Waals surface area contributed by atoms with Gasteiger partial charge in [0.2, 0.25) is 5.91 Å². The Balaban J connectivity index is 2.36. The van der Waals surface area contributed by atoms with Gasteiger partial charge in [-0.15, -0.1) is 13.2 Å². The molecule has 2 rings (SSSR count). The highest BCUT2D eigenvalue weighted by atomic mass is 32.2. The molecule has 6 nitrogen and oxygen atoms in total. The second kappa shape index (κ2) is 5.43. The number of benzene rings is 1. The summed E-state index contributed by atoms with van der Waals surface area (Å²) in [6.45, 7) is 0.402. The number of carbonyl (C=O) groups is 1. The molecule has 0 aliphatic carbocycles. The molecule has 1 aromatic carbocycles. The second-order valence-electron chi connectivity index (χ2n) is 4.88. The minimum atomic E-state index is -5.03. The van der Waals surface area contributed by atoms with Gasteiger partial charge in [0, 0.05) is 0 Å². The predicted molar refractivity (Wildman–Crippen MR) is 69.7 cm³/mol. The van der Waals surface area contributed by atoms with Crippen molar-refractivity contribution in [3.8, 4) is 5.75 Å². The number of nitrogens with two attached hydrogens (primary N) is 1. The van der Waals surface area contributed by atoms with Crippen LogP contribution < -0.4 is 15.8 Å². The molecule has 1 aliphatic heterocycles. The van der Waals surface area contributed by atoms with Crippen LogP contribution in [0.25, 0.3) is 0 Å². The number of halogens is 3. The lowest BCUT2D eigenvalue weighted by Gasteiger charge is -2.39. The minimum Gasteiger partial charge on any atom is -0.404 e. The van der Waals surface area contributed by atoms with Crippen molar-refractivity contribution in [3.05, 3.63) is 24.3 Å². The van der Waals surface area contributed by atoms with Crippen LogP contribution in [0, 0.1) is 0 Å². The standard InChI is InChI=1S/C12H13F3N2O4S/c13-12(14,15)21-8-3-1-2-4-9(8)22(19,20)7-11(10(16)18)5-6-17-11/h1-4,17H,5-7H2,(H2,16,18). The first kappa shape index (κ1) is 16.6. The lowest BCUT2D eigenvalue weighted by Crippen LogP contribution is -2.68. The molecular weight excluding hydrogens is 325 g/mol. The quantitative estimate of drug-likeness (QED) is 0.818. The molecular formula is C12H13F3N2O4S. The van der Waals surface area contributed by atoms with Crippen molar-refractivity contribution in [1.82, 2.24) is 5.32 Å². The van der Waals surface area contributed by atoms with Crippen LogP contribution in [0.3, 0.4) is 0 Å². The fourth-order valence-electron chi connectivity index (χ4n) is 2.15. The summed E-state index contributed by atoms with van der Waals surface area (Å²) in [7, 11) is -4.22. The Morgan fingerprint density at radius 3 is 2.41 bits per heavy atom. The SMILES string of the molecule is NC(=O)C1(CS(=O)(=O)c2ccccc2OC(F)(F)F)CCN1. The average Bonchev–Trinajstić information content (AvgIpc) is 2.32. The summed E-state index contributed by atoms with van der Waals surface area (Å²) in [5, 5.41) is 2.64. The summed E-state index contributed by atoms with van der Waals surface area (Å²) < 4.78 is 65.5. The smallest absolute Gasteiger partial charge is 0.404 e. The van der Waals surface area contributed by atoms with E-state index in [2.05, 4.69) is 10.1 Å². The van der Waals surface area contributed by atoms with Gasteiger partial charge in [0.1, 0.15) is 16.2 Å². The number of sulfone groups is 1. The van der Waals surface area contributed by atoms with E-state index in [-0.39, 0.29) is 6.42 Å². The van der Waals surface area contributed by atoms with Crippen molar-refractivity contribution in [2.24, 2.45) is 5.73 Å². The summed E-state index contributed by atoms with van der Waals surface area (Å²) in [5.41, 5.74) is 3.73. The van der Waals surface area contributed by atoms with Gasteiger partial charge in [0.25, 0.3) is 0 Å². The molecule has 0 radical (unpaired) electrons. The highest BCUT2D eigenvalue weighted by Gasteiger charge is 2.47. The Kier molecular flexibility index (Phi) is 4.09. The number of ether oxygens (including phenoxy) is 1. The molecule has 1 fully saturated rings. The highest BCUT2D eigenvalue weighted by Crippen LogP contribution is 2.32. The number of amides is 1. The number of para-hydroxylation sites is 1. The van der Waals surface area contributed by atoms with Crippen molar-refractivity contribution in [3.63, 3.8) is 0 Å². The van der Waals surface area contributed by atoms with Gasteiger partial charge in [0.05, 0.1) is 5.75 Å². The second-order valence-corrected chi connectivity index (χ2v) is 6.83. The van der Waals surface area contributed by atoms with Crippen LogP contribution in [0.1, 0.15) is 6.42 Å². The zero-order valence-electron chi connectivity index (χ0n) is 11.2. The number of hydrogen-bond acceptors (Lipinski definition) is 5. The summed E-state index contributed by atoms with van der Waals surface area (Å²) in [6.07, 6.45) is -4.83. The average molecular weight is 338 g/mol. The van der Waals surface area contributed by atoms with Gasteiger partial charge < -0.3 is 15.8 Å². The molecule has 0 saturated carbocycles. The third-order valence-corrected chi connectivity index (χ3v) is 5.21. The summed E-state index contributed by atoms with van der Waals surface area (Å²) in [5.74, 6) is -2.43. The van der Waals surface area contributed by atoms with E-state index in [1.54, 1.807) is 0 Å². The van der Waals surface area contributed by atoms with E-state index in [1.165, 1.54) is 12.1 Å². The largest absolute Gasteiger partial charge is 0.573 e. The maximum Gasteiger partial charge on any atom is 0.573 e. The van der Waals surface area contributed by atoms with Gasteiger partial charge in [-0.1, -0.05) is 12.1 Å². The van der Waals surface area contributed by atoms with Crippen molar-refractivity contribution in [2.45, 2.75) is 23.2 Å². The molecule has 0 aromatic heterocycles. The predicted octanol–water partition coefficient (Wildman–Crippen LogP) is 0.576. The fourth-order valence-corrected chi connectivity index (χ4v) is 4.04. The normalized spacial score (nSPS) is 22.0. The monoisotopic (exact) mass is 338 g/mol. The molecule has 0 spiro atoms. The molecule has 1 aliphatic rings. The molecule has 1 aromatic rings. The van der Waals surface area contributed by atoms with Crippen molar-refractivity contribution in [1.29, 1.82) is 0 Å². The van der Waals surface area contributed by atoms with Crippen LogP contribution in [-0.4, -0.2) is 38.5 Å². The number of nitrogens with one attached hydrogen (secondary N) is 1. The van der Waals surface area contributed by atoms with Crippen molar-refractivity contribution in [2.75, 3.05) is 12.3 Å². The first-order valence-electron chi connectivity index (χ1n) is 6.18. The molecule has 122 valence electrons. The van der Waals surface area contributed by atoms with Crippen LogP contribution >= 0.6 is 0 Å². The van der Waals surface area contributed by atoms with E-state index in [0.29, 0.717) is 6.54 Å². The van der Waals surface area contributed by atoms with Crippen LogP contribution in [0.2, 0.25) is 0 Å². The summed E-state index contributed by atoms with van der Waals surface area (Å²) >= 11 is 0. The topological polar surface area (TPSA) is 98.5 Å². The van der Waals surface area contributed by atoms with Gasteiger partial charge in [-0.05, 0) is 25.1 Å². The number of hydrogen-bond donors (Lipinski definition) is 2. The van der Waals surface area contributed by atoms with Gasteiger partial charge in [-0.3, -0.25) is 4.79 Å². The molecule has 3 N–H and O–H groups in total. The lowest BCUT2D eigenvalue weighted by atomic mass is 9.89. The lowest BCUT2D eigenvalue weighted by molar-refractivity contribution is -0.275. The van der Waals surface area contributed by atoms with Crippen molar-refractivity contribution < 1.29 is 31.1 Å². The van der Waals surface area contributed by atoms with Crippen LogP contribution in [0.5, 0.6) is 5.75 Å². The first-order chi connectivity index (χ1) is 10.1. The van der Waals surface area contributed by atoms with E-state index in [0.717, 1.165) is 12.1 Å². The Labute approximate surface area is 124 Å². The van der Waals surface area contributed by atoms with Crippen molar-refractivity contribution >= 4 is 15.7 Å². The Bertz CT molecular complexity index is 684. The van der Waals surface area contributed by atoms with E-state index in [9.17, 15) is 26.4 Å². The van der Waals surface area contributed by atoms with Gasteiger partial charge >= 0.3 is 6.36 Å². The van der Waals surface area contributed by atoms with Gasteiger partial charge in [-0.25, -0.2) is 8.42 Å². The van der Waals surface area contributed by atoms with Crippen LogP contribution in [0.4, 0.5) is 13.2 Å². The van der Waals surface area contributed by atoms with Crippen LogP contribution in [-0.2, 0) is 14.6 Å². The van der Waals surface area contributed by atoms with E-state index < -0.39 is 44.0 Å². The van der Waals surface area contributed by atoms with Crippen LogP contribution in [0.15, 0.2) is 29.2 Å². The molecule has 0 bridgehead atoms. The van der Waals surface area contributed by atoms with E-state index in [4.69, 9.17) is 5.73 Å². The third-order valence-electron chi connectivity index (χ3n) is 3.33. The first-order valence-corrected chi connectivity index (χ1v) is 7.83. The maximum absolute atomic E-state index is 12.4. The summed E-state index contributed by atoms with van der Waals surface area (Å²) in [6, 6.07) is 4.36. The molecule has 1 unspecified atom stereocenters. The molecule has 1 saturated heterocycles. The fraction of sp³-hybridized carbons (Fsp3) is 0.417. The summed E-state index contributed by atoms with van der Waals surface area (Å²) in [4.78, 5) is 10.8. The van der Waals surface area contributed by atoms with E-state index >= 15 is 0 Å². The zero-order chi connectivity index (χ0) is 16.6. The highest BCUT2D eigenvalue weighted by molar-refractivity contribution is 7.91. The number of alkyl halides is 3. The maximum atomic E-state index is 12.4. The molecule has 1 amide bonds. The van der Waals surface area contributed by atoms with Gasteiger partial charge in [0.15, 0.2) is 9.84 Å². The number of carbonyl (C=O) groups excluding carboxylic acids is 1.